The summed E-state index contributed by atoms with van der Waals surface area (Å²) in [5, 5.41) is 0.385. The van der Waals surface area contributed by atoms with E-state index < -0.39 is 19.7 Å². The summed E-state index contributed by atoms with van der Waals surface area (Å²) in [5.41, 5.74) is 0.0289. The Bertz CT molecular complexity index is 1060. The Morgan fingerprint density at radius 2 is 1.85 bits per heavy atom. The molecule has 0 saturated heterocycles. The molecule has 7 nitrogen and oxygen atoms in total. The molecule has 0 aliphatic heterocycles. The van der Waals surface area contributed by atoms with Crippen LogP contribution in [0.5, 0.6) is 5.88 Å². The Kier molecular flexibility index (Phi) is 8.92. The van der Waals surface area contributed by atoms with Crippen molar-refractivity contribution in [2.45, 2.75) is 72.6 Å². The van der Waals surface area contributed by atoms with Crippen molar-refractivity contribution in [1.82, 2.24) is 9.55 Å². The predicted octanol–water partition coefficient (Wildman–Crippen LogP) is 5.95. The standard InChI is InChI=1S/C24H37BrN2O5Si/c1-10-30-22-18(25)12-16-20(28)17(23(29)31-11-2)13-27(21(16)26-22)19(15(3)4)14-32-33(8,9)24(5,6)7/h12-13,15,19H,10-11,14H2,1-9H3/t19-/m1/s1. The lowest BCUT2D eigenvalue weighted by molar-refractivity contribution is 0.0523. The number of hydrogen-bond acceptors (Lipinski definition) is 6. The molecule has 0 aromatic carbocycles. The minimum atomic E-state index is -2.02. The predicted molar refractivity (Wildman–Crippen MR) is 138 cm³/mol. The molecule has 1 atom stereocenters. The van der Waals surface area contributed by atoms with E-state index in [1.54, 1.807) is 19.2 Å². The minimum absolute atomic E-state index is 0.0137. The van der Waals surface area contributed by atoms with Gasteiger partial charge in [0.25, 0.3) is 0 Å². The van der Waals surface area contributed by atoms with E-state index in [0.29, 0.717) is 34.6 Å². The van der Waals surface area contributed by atoms with Crippen LogP contribution in [-0.2, 0) is 9.16 Å². The summed E-state index contributed by atoms with van der Waals surface area (Å²) in [5.74, 6) is -0.0951. The number of ether oxygens (including phenoxy) is 2. The highest BCUT2D eigenvalue weighted by atomic mass is 79.9. The Balaban J connectivity index is 2.76. The lowest BCUT2D eigenvalue weighted by atomic mass is 10.0. The molecule has 2 aromatic heterocycles. The van der Waals surface area contributed by atoms with Crippen LogP contribution in [0.4, 0.5) is 0 Å². The molecule has 9 heteroatoms. The van der Waals surface area contributed by atoms with E-state index in [1.165, 1.54) is 0 Å². The van der Waals surface area contributed by atoms with Gasteiger partial charge in [0.2, 0.25) is 11.3 Å². The second-order valence-corrected chi connectivity index (χ2v) is 15.6. The van der Waals surface area contributed by atoms with Crippen LogP contribution < -0.4 is 10.2 Å². The highest BCUT2D eigenvalue weighted by molar-refractivity contribution is 9.10. The Labute approximate surface area is 206 Å². The summed E-state index contributed by atoms with van der Waals surface area (Å²) < 4.78 is 19.8. The lowest BCUT2D eigenvalue weighted by Gasteiger charge is -2.38. The van der Waals surface area contributed by atoms with Gasteiger partial charge in [0.15, 0.2) is 8.32 Å². The number of halogens is 1. The van der Waals surface area contributed by atoms with Crippen molar-refractivity contribution in [2.24, 2.45) is 5.92 Å². The van der Waals surface area contributed by atoms with Gasteiger partial charge < -0.3 is 18.5 Å². The fourth-order valence-electron chi connectivity index (χ4n) is 3.18. The molecule has 0 bridgehead atoms. The summed E-state index contributed by atoms with van der Waals surface area (Å²) in [4.78, 5) is 30.5. The fraction of sp³-hybridized carbons (Fsp3) is 0.625. The minimum Gasteiger partial charge on any atom is -0.477 e. The van der Waals surface area contributed by atoms with Crippen LogP contribution in [0, 0.1) is 5.92 Å². The van der Waals surface area contributed by atoms with E-state index in [0.717, 1.165) is 0 Å². The normalized spacial score (nSPS) is 13.4. The third-order valence-corrected chi connectivity index (χ3v) is 11.3. The van der Waals surface area contributed by atoms with Gasteiger partial charge in [0.05, 0.1) is 35.7 Å². The van der Waals surface area contributed by atoms with Gasteiger partial charge in [-0.05, 0) is 59.9 Å². The molecule has 0 spiro atoms. The van der Waals surface area contributed by atoms with E-state index in [9.17, 15) is 9.59 Å². The molecule has 0 unspecified atom stereocenters. The van der Waals surface area contributed by atoms with Crippen molar-refractivity contribution in [2.75, 3.05) is 19.8 Å². The molecule has 2 heterocycles. The van der Waals surface area contributed by atoms with Gasteiger partial charge in [-0.1, -0.05) is 34.6 Å². The maximum atomic E-state index is 13.2. The van der Waals surface area contributed by atoms with Crippen molar-refractivity contribution in [3.63, 3.8) is 0 Å². The molecular formula is C24H37BrN2O5Si. The van der Waals surface area contributed by atoms with E-state index in [1.807, 2.05) is 11.5 Å². The largest absolute Gasteiger partial charge is 0.477 e. The van der Waals surface area contributed by atoms with Gasteiger partial charge in [0.1, 0.15) is 11.2 Å². The molecule has 0 saturated carbocycles. The molecule has 2 rings (SSSR count). The molecule has 0 amide bonds. The molecule has 0 radical (unpaired) electrons. The smallest absolute Gasteiger partial charge is 0.343 e. The lowest BCUT2D eigenvalue weighted by Crippen LogP contribution is -2.42. The van der Waals surface area contributed by atoms with Gasteiger partial charge >= 0.3 is 5.97 Å². The number of aromatic nitrogens is 2. The fourth-order valence-corrected chi connectivity index (χ4v) is 4.63. The van der Waals surface area contributed by atoms with Crippen molar-refractivity contribution in [1.29, 1.82) is 0 Å². The van der Waals surface area contributed by atoms with Crippen LogP contribution in [-0.4, -0.2) is 43.7 Å². The van der Waals surface area contributed by atoms with Crippen LogP contribution >= 0.6 is 15.9 Å². The van der Waals surface area contributed by atoms with Crippen LogP contribution in [0.1, 0.15) is 64.9 Å². The number of pyridine rings is 2. The highest BCUT2D eigenvalue weighted by Gasteiger charge is 2.38. The van der Waals surface area contributed by atoms with Gasteiger partial charge in [0, 0.05) is 6.20 Å². The molecule has 184 valence electrons. The number of hydrogen-bond donors (Lipinski definition) is 0. The van der Waals surface area contributed by atoms with Crippen molar-refractivity contribution < 1.29 is 18.7 Å². The quantitative estimate of drug-likeness (QED) is 0.288. The first-order valence-electron chi connectivity index (χ1n) is 11.4. The van der Waals surface area contributed by atoms with Crippen LogP contribution in [0.15, 0.2) is 21.5 Å². The van der Waals surface area contributed by atoms with Gasteiger partial charge in [-0.2, -0.15) is 4.98 Å². The maximum Gasteiger partial charge on any atom is 0.343 e. The van der Waals surface area contributed by atoms with Crippen molar-refractivity contribution >= 4 is 41.3 Å². The summed E-state index contributed by atoms with van der Waals surface area (Å²) in [7, 11) is -2.02. The first-order chi connectivity index (χ1) is 15.2. The molecule has 33 heavy (non-hydrogen) atoms. The third-order valence-electron chi connectivity index (χ3n) is 6.25. The van der Waals surface area contributed by atoms with Crippen LogP contribution in [0.25, 0.3) is 11.0 Å². The SMILES string of the molecule is CCOC(=O)c1cn([C@H](CO[Si](C)(C)C(C)(C)C)C(C)C)c2nc(OCC)c(Br)cc2c1=O. The second-order valence-electron chi connectivity index (χ2n) is 9.96. The zero-order valence-corrected chi connectivity index (χ0v) is 23.8. The van der Waals surface area contributed by atoms with E-state index in [-0.39, 0.29) is 29.2 Å². The van der Waals surface area contributed by atoms with E-state index in [4.69, 9.17) is 13.9 Å². The summed E-state index contributed by atoms with van der Waals surface area (Å²) in [6.07, 6.45) is 1.57. The Hall–Kier alpha value is -1.71. The number of fused-ring (bicyclic) bond motifs is 1. The Morgan fingerprint density at radius 3 is 2.36 bits per heavy atom. The van der Waals surface area contributed by atoms with E-state index >= 15 is 0 Å². The summed E-state index contributed by atoms with van der Waals surface area (Å²) in [6.45, 7) is 19.9. The van der Waals surface area contributed by atoms with Crippen LogP contribution in [0.3, 0.4) is 0 Å². The number of esters is 1. The molecule has 0 aliphatic carbocycles. The molecule has 0 fully saturated rings. The number of nitrogens with zero attached hydrogens (tertiary/aromatic N) is 2. The van der Waals surface area contributed by atoms with E-state index in [2.05, 4.69) is 68.6 Å². The summed E-state index contributed by atoms with van der Waals surface area (Å²) >= 11 is 3.44. The number of rotatable bonds is 9. The van der Waals surface area contributed by atoms with Gasteiger partial charge in [-0.15, -0.1) is 0 Å². The van der Waals surface area contributed by atoms with Gasteiger partial charge in [-0.25, -0.2) is 4.79 Å². The first kappa shape index (κ1) is 27.5. The molecule has 2 aromatic rings. The zero-order chi connectivity index (χ0) is 25.1. The second kappa shape index (κ2) is 10.7. The van der Waals surface area contributed by atoms with Crippen LogP contribution in [0.2, 0.25) is 18.1 Å². The number of carbonyl (C=O) groups is 1. The highest BCUT2D eigenvalue weighted by Crippen LogP contribution is 2.38. The first-order valence-corrected chi connectivity index (χ1v) is 15.1. The van der Waals surface area contributed by atoms with Crippen molar-refractivity contribution in [3.8, 4) is 5.88 Å². The van der Waals surface area contributed by atoms with Crippen molar-refractivity contribution in [3.05, 3.63) is 32.5 Å². The maximum absolute atomic E-state index is 13.2. The average molecular weight is 542 g/mol. The molecular weight excluding hydrogens is 504 g/mol. The topological polar surface area (TPSA) is 79.7 Å². The monoisotopic (exact) mass is 540 g/mol. The Morgan fingerprint density at radius 1 is 1.21 bits per heavy atom. The molecule has 0 aliphatic rings. The van der Waals surface area contributed by atoms with Gasteiger partial charge in [-0.3, -0.25) is 4.79 Å². The summed E-state index contributed by atoms with van der Waals surface area (Å²) in [6, 6.07) is 1.51. The average Bonchev–Trinajstić information content (AvgIpc) is 2.69. The zero-order valence-electron chi connectivity index (χ0n) is 21.2. The number of carbonyl (C=O) groups excluding carboxylic acids is 1. The molecule has 0 N–H and O–H groups in total. The third kappa shape index (κ3) is 6.05.